The zero-order chi connectivity index (χ0) is 19.2. The van der Waals surface area contributed by atoms with Crippen LogP contribution < -0.4 is 10.6 Å². The number of nitrogens with zero attached hydrogens (tertiary/aromatic N) is 2. The Morgan fingerprint density at radius 3 is 2.56 bits per heavy atom. The Balaban J connectivity index is 0.00000364. The first-order chi connectivity index (χ1) is 12.3. The smallest absolute Gasteiger partial charge is 0.356 e. The lowest BCUT2D eigenvalue weighted by atomic mass is 9.85. The molecule has 1 heterocycles. The van der Waals surface area contributed by atoms with Crippen LogP contribution in [0.1, 0.15) is 52.4 Å². The molecule has 8 heteroatoms. The van der Waals surface area contributed by atoms with Crippen molar-refractivity contribution in [3.63, 3.8) is 0 Å². The lowest BCUT2D eigenvalue weighted by Crippen LogP contribution is -2.49. The van der Waals surface area contributed by atoms with Crippen molar-refractivity contribution in [1.82, 2.24) is 15.5 Å². The number of piperidine rings is 1. The van der Waals surface area contributed by atoms with E-state index in [0.717, 1.165) is 26.1 Å². The molecule has 0 bridgehead atoms. The van der Waals surface area contributed by atoms with Crippen molar-refractivity contribution < 1.29 is 13.2 Å². The summed E-state index contributed by atoms with van der Waals surface area (Å²) >= 11 is 0. The molecule has 0 amide bonds. The molecule has 2 fully saturated rings. The van der Waals surface area contributed by atoms with Gasteiger partial charge >= 0.3 is 6.18 Å². The summed E-state index contributed by atoms with van der Waals surface area (Å²) in [6.45, 7) is 8.69. The Bertz CT molecular complexity index is 457. The summed E-state index contributed by atoms with van der Waals surface area (Å²) in [6, 6.07) is -0.148. The van der Waals surface area contributed by atoms with Gasteiger partial charge in [-0.25, -0.2) is 0 Å². The first kappa shape index (κ1) is 24.8. The number of nitrogens with one attached hydrogen (secondary N) is 2. The van der Waals surface area contributed by atoms with E-state index in [0.29, 0.717) is 24.2 Å². The molecule has 27 heavy (non-hydrogen) atoms. The Morgan fingerprint density at radius 1 is 1.19 bits per heavy atom. The number of likely N-dealkylation sites (tertiary alicyclic amines) is 1. The predicted octanol–water partition coefficient (Wildman–Crippen LogP) is 4.26. The van der Waals surface area contributed by atoms with E-state index in [1.807, 2.05) is 0 Å². The summed E-state index contributed by atoms with van der Waals surface area (Å²) < 4.78 is 38.9. The predicted molar refractivity (Wildman–Crippen MR) is 116 cm³/mol. The minimum absolute atomic E-state index is 0. The second-order valence-corrected chi connectivity index (χ2v) is 8.36. The van der Waals surface area contributed by atoms with Crippen LogP contribution in [0.2, 0.25) is 0 Å². The average molecular weight is 504 g/mol. The molecule has 0 aromatic carbocycles. The fourth-order valence-corrected chi connectivity index (χ4v) is 4.25. The molecule has 4 nitrogen and oxygen atoms in total. The number of guanidine groups is 1. The molecular weight excluding hydrogens is 468 g/mol. The van der Waals surface area contributed by atoms with Gasteiger partial charge in [-0.2, -0.15) is 13.2 Å². The van der Waals surface area contributed by atoms with Gasteiger partial charge in [-0.15, -0.1) is 24.0 Å². The molecule has 1 saturated heterocycles. The summed E-state index contributed by atoms with van der Waals surface area (Å²) in [5, 5.41) is 6.56. The van der Waals surface area contributed by atoms with E-state index in [2.05, 4.69) is 34.4 Å². The highest BCUT2D eigenvalue weighted by molar-refractivity contribution is 14.0. The molecule has 1 aliphatic carbocycles. The molecular formula is C19H36F3IN4. The van der Waals surface area contributed by atoms with E-state index in [1.165, 1.54) is 19.4 Å². The highest BCUT2D eigenvalue weighted by Crippen LogP contribution is 2.37. The molecule has 0 radical (unpaired) electrons. The first-order valence-corrected chi connectivity index (χ1v) is 10.0. The van der Waals surface area contributed by atoms with E-state index in [-0.39, 0.29) is 42.9 Å². The van der Waals surface area contributed by atoms with Crippen molar-refractivity contribution in [2.45, 2.75) is 64.6 Å². The summed E-state index contributed by atoms with van der Waals surface area (Å²) in [5.41, 5.74) is 0. The molecule has 3 unspecified atom stereocenters. The molecule has 0 aromatic heterocycles. The highest BCUT2D eigenvalue weighted by atomic mass is 127. The number of aliphatic imine (C=N–C) groups is 1. The van der Waals surface area contributed by atoms with Gasteiger partial charge in [-0.3, -0.25) is 4.99 Å². The molecule has 1 saturated carbocycles. The minimum atomic E-state index is -4.08. The van der Waals surface area contributed by atoms with Gasteiger partial charge < -0.3 is 15.5 Å². The van der Waals surface area contributed by atoms with Gasteiger partial charge in [0.05, 0.1) is 5.92 Å². The van der Waals surface area contributed by atoms with Crippen molar-refractivity contribution in [3.05, 3.63) is 0 Å². The molecule has 160 valence electrons. The third-order valence-electron chi connectivity index (χ3n) is 5.49. The van der Waals surface area contributed by atoms with E-state index in [1.54, 1.807) is 7.05 Å². The van der Waals surface area contributed by atoms with E-state index < -0.39 is 12.1 Å². The number of alkyl halides is 3. The van der Waals surface area contributed by atoms with Crippen LogP contribution in [0, 0.1) is 17.8 Å². The molecule has 2 rings (SSSR count). The van der Waals surface area contributed by atoms with Crippen molar-refractivity contribution in [2.75, 3.05) is 33.2 Å². The van der Waals surface area contributed by atoms with Gasteiger partial charge in [-0.05, 0) is 50.5 Å². The zero-order valence-corrected chi connectivity index (χ0v) is 19.1. The van der Waals surface area contributed by atoms with E-state index in [9.17, 15) is 13.2 Å². The summed E-state index contributed by atoms with van der Waals surface area (Å²) in [5.74, 6) is 0.688. The molecule has 0 spiro atoms. The quantitative estimate of drug-likeness (QED) is 0.334. The maximum atomic E-state index is 13.0. The molecule has 1 aliphatic heterocycles. The molecule has 2 aliphatic rings. The maximum absolute atomic E-state index is 13.0. The third-order valence-corrected chi connectivity index (χ3v) is 5.49. The lowest BCUT2D eigenvalue weighted by Gasteiger charge is -2.35. The number of rotatable bonds is 5. The van der Waals surface area contributed by atoms with Crippen molar-refractivity contribution in [1.29, 1.82) is 0 Å². The first-order valence-electron chi connectivity index (χ1n) is 10.0. The third kappa shape index (κ3) is 8.75. The minimum Gasteiger partial charge on any atom is -0.356 e. The Labute approximate surface area is 179 Å². The number of halogens is 4. The monoisotopic (exact) mass is 504 g/mol. The maximum Gasteiger partial charge on any atom is 0.391 e. The van der Waals surface area contributed by atoms with Crippen LogP contribution in [0.25, 0.3) is 0 Å². The Hall–Kier alpha value is -0.250. The van der Waals surface area contributed by atoms with Crippen molar-refractivity contribution in [2.24, 2.45) is 22.7 Å². The van der Waals surface area contributed by atoms with Crippen LogP contribution in [0.3, 0.4) is 0 Å². The average Bonchev–Trinajstić information content (AvgIpc) is 2.58. The van der Waals surface area contributed by atoms with Gasteiger partial charge in [-0.1, -0.05) is 20.3 Å². The second-order valence-electron chi connectivity index (χ2n) is 8.36. The van der Waals surface area contributed by atoms with Crippen LogP contribution in [0.4, 0.5) is 13.2 Å². The van der Waals surface area contributed by atoms with Crippen LogP contribution in [0.15, 0.2) is 4.99 Å². The SMILES string of the molecule is CN=C(NCC1CCCN(CC(C)C)C1)NC1CCCC(C(F)(F)F)C1.I. The standard InChI is InChI=1S/C19H35F3N4.HI/c1-14(2)12-26-9-5-6-15(13-26)11-24-18(23-3)25-17-8-4-7-16(10-17)19(20,21)22;/h14-17H,4-13H2,1-3H3,(H2,23,24,25);1H. The number of hydrogen-bond acceptors (Lipinski definition) is 2. The van der Waals surface area contributed by atoms with E-state index in [4.69, 9.17) is 0 Å². The summed E-state index contributed by atoms with van der Waals surface area (Å²) in [6.07, 6.45) is 0.111. The molecule has 0 aromatic rings. The van der Waals surface area contributed by atoms with Crippen LogP contribution in [-0.4, -0.2) is 56.3 Å². The summed E-state index contributed by atoms with van der Waals surface area (Å²) in [7, 11) is 1.69. The fraction of sp³-hybridized carbons (Fsp3) is 0.947. The van der Waals surface area contributed by atoms with E-state index >= 15 is 0 Å². The van der Waals surface area contributed by atoms with Crippen LogP contribution >= 0.6 is 24.0 Å². The van der Waals surface area contributed by atoms with Gasteiger partial charge in [0, 0.05) is 32.7 Å². The normalized spacial score (nSPS) is 28.0. The zero-order valence-electron chi connectivity index (χ0n) is 16.8. The fourth-order valence-electron chi connectivity index (χ4n) is 4.25. The largest absolute Gasteiger partial charge is 0.391 e. The molecule has 3 atom stereocenters. The van der Waals surface area contributed by atoms with Gasteiger partial charge in [0.1, 0.15) is 0 Å². The highest BCUT2D eigenvalue weighted by Gasteiger charge is 2.42. The topological polar surface area (TPSA) is 39.7 Å². The Kier molecular flexibility index (Phi) is 10.7. The Morgan fingerprint density at radius 2 is 1.93 bits per heavy atom. The van der Waals surface area contributed by atoms with Gasteiger partial charge in [0.25, 0.3) is 0 Å². The van der Waals surface area contributed by atoms with Crippen molar-refractivity contribution in [3.8, 4) is 0 Å². The molecule has 2 N–H and O–H groups in total. The van der Waals surface area contributed by atoms with Crippen LogP contribution in [0.5, 0.6) is 0 Å². The van der Waals surface area contributed by atoms with Gasteiger partial charge in [0.2, 0.25) is 0 Å². The van der Waals surface area contributed by atoms with Crippen molar-refractivity contribution >= 4 is 29.9 Å². The lowest BCUT2D eigenvalue weighted by molar-refractivity contribution is -0.183. The number of hydrogen-bond donors (Lipinski definition) is 2. The van der Waals surface area contributed by atoms with Gasteiger partial charge in [0.15, 0.2) is 5.96 Å². The van der Waals surface area contributed by atoms with Crippen LogP contribution in [-0.2, 0) is 0 Å². The second kappa shape index (κ2) is 11.7. The summed E-state index contributed by atoms with van der Waals surface area (Å²) in [4.78, 5) is 6.74.